The van der Waals surface area contributed by atoms with Gasteiger partial charge in [0.05, 0.1) is 5.41 Å². The molecule has 1 aromatic carbocycles. The van der Waals surface area contributed by atoms with Crippen molar-refractivity contribution >= 4 is 5.97 Å². The fraction of sp³-hybridized carbons (Fsp3) is 0.500. The molecule has 1 rings (SSSR count). The van der Waals surface area contributed by atoms with Crippen LogP contribution in [0.5, 0.6) is 0 Å². The van der Waals surface area contributed by atoms with E-state index in [-0.39, 0.29) is 0 Å². The minimum Gasteiger partial charge on any atom is -0.481 e. The molecule has 16 heavy (non-hydrogen) atoms. The van der Waals surface area contributed by atoms with Crippen LogP contribution in [-0.2, 0) is 10.2 Å². The molecule has 88 valence electrons. The maximum atomic E-state index is 11.5. The monoisotopic (exact) mass is 220 g/mol. The van der Waals surface area contributed by atoms with Crippen molar-refractivity contribution in [3.63, 3.8) is 0 Å². The molecule has 0 atom stereocenters. The van der Waals surface area contributed by atoms with E-state index >= 15 is 0 Å². The molecule has 0 saturated carbocycles. The van der Waals surface area contributed by atoms with Crippen LogP contribution in [0.15, 0.2) is 18.2 Å². The standard InChI is InChI=1S/C14H20O2/c1-5-14(6-2,13(15)16)12-8-7-10(3)11(4)9-12/h7-9H,5-6H2,1-4H3,(H,15,16). The van der Waals surface area contributed by atoms with Crippen LogP contribution in [0.4, 0.5) is 0 Å². The summed E-state index contributed by atoms with van der Waals surface area (Å²) in [6, 6.07) is 5.97. The molecule has 1 aromatic rings. The van der Waals surface area contributed by atoms with E-state index in [2.05, 4.69) is 0 Å². The van der Waals surface area contributed by atoms with Gasteiger partial charge < -0.3 is 5.11 Å². The van der Waals surface area contributed by atoms with E-state index in [1.807, 2.05) is 45.9 Å². The summed E-state index contributed by atoms with van der Waals surface area (Å²) in [7, 11) is 0. The minimum atomic E-state index is -0.724. The topological polar surface area (TPSA) is 37.3 Å². The zero-order valence-electron chi connectivity index (χ0n) is 10.5. The summed E-state index contributed by atoms with van der Waals surface area (Å²) in [4.78, 5) is 11.5. The molecule has 0 aliphatic rings. The Morgan fingerprint density at radius 1 is 1.19 bits per heavy atom. The van der Waals surface area contributed by atoms with Crippen molar-refractivity contribution in [1.29, 1.82) is 0 Å². The predicted molar refractivity (Wildman–Crippen MR) is 65.8 cm³/mol. The second kappa shape index (κ2) is 4.69. The van der Waals surface area contributed by atoms with Gasteiger partial charge in [-0.25, -0.2) is 0 Å². The molecule has 0 aliphatic heterocycles. The lowest BCUT2D eigenvalue weighted by atomic mass is 9.75. The quantitative estimate of drug-likeness (QED) is 0.843. The number of carbonyl (C=O) groups is 1. The number of benzene rings is 1. The number of carboxylic acids is 1. The molecule has 0 heterocycles. The van der Waals surface area contributed by atoms with Crippen molar-refractivity contribution in [2.24, 2.45) is 0 Å². The molecule has 0 saturated heterocycles. The lowest BCUT2D eigenvalue weighted by Gasteiger charge is -2.27. The molecule has 0 unspecified atom stereocenters. The van der Waals surface area contributed by atoms with E-state index in [0.717, 1.165) is 11.1 Å². The Morgan fingerprint density at radius 2 is 1.75 bits per heavy atom. The highest BCUT2D eigenvalue weighted by atomic mass is 16.4. The molecular weight excluding hydrogens is 200 g/mol. The number of hydrogen-bond acceptors (Lipinski definition) is 1. The lowest BCUT2D eigenvalue weighted by molar-refractivity contribution is -0.144. The van der Waals surface area contributed by atoms with Crippen molar-refractivity contribution in [3.05, 3.63) is 34.9 Å². The van der Waals surface area contributed by atoms with Gasteiger partial charge in [0, 0.05) is 0 Å². The lowest BCUT2D eigenvalue weighted by Crippen LogP contribution is -2.34. The molecule has 0 bridgehead atoms. The normalized spacial score (nSPS) is 11.5. The van der Waals surface area contributed by atoms with Gasteiger partial charge in [-0.15, -0.1) is 0 Å². The van der Waals surface area contributed by atoms with Gasteiger partial charge in [-0.05, 0) is 43.4 Å². The highest BCUT2D eigenvalue weighted by Crippen LogP contribution is 2.33. The maximum absolute atomic E-state index is 11.5. The van der Waals surface area contributed by atoms with Crippen LogP contribution in [0.3, 0.4) is 0 Å². The highest BCUT2D eigenvalue weighted by molar-refractivity contribution is 5.81. The Morgan fingerprint density at radius 3 is 2.12 bits per heavy atom. The summed E-state index contributed by atoms with van der Waals surface area (Å²) >= 11 is 0. The third kappa shape index (κ3) is 1.97. The Bertz CT molecular complexity index is 390. The fourth-order valence-electron chi connectivity index (χ4n) is 2.12. The first-order valence-corrected chi connectivity index (χ1v) is 5.79. The largest absolute Gasteiger partial charge is 0.481 e. The van der Waals surface area contributed by atoms with Gasteiger partial charge in [0.25, 0.3) is 0 Å². The van der Waals surface area contributed by atoms with E-state index in [9.17, 15) is 9.90 Å². The highest BCUT2D eigenvalue weighted by Gasteiger charge is 2.36. The summed E-state index contributed by atoms with van der Waals surface area (Å²) in [6.07, 6.45) is 1.25. The molecule has 0 fully saturated rings. The third-order valence-electron chi connectivity index (χ3n) is 3.68. The van der Waals surface area contributed by atoms with Crippen LogP contribution in [-0.4, -0.2) is 11.1 Å². The molecule has 1 N–H and O–H groups in total. The van der Waals surface area contributed by atoms with E-state index in [4.69, 9.17) is 0 Å². The van der Waals surface area contributed by atoms with Crippen molar-refractivity contribution in [2.45, 2.75) is 46.0 Å². The van der Waals surface area contributed by atoms with Crippen molar-refractivity contribution in [2.75, 3.05) is 0 Å². The molecule has 0 aliphatic carbocycles. The van der Waals surface area contributed by atoms with Crippen LogP contribution in [0.2, 0.25) is 0 Å². The fourth-order valence-corrected chi connectivity index (χ4v) is 2.12. The summed E-state index contributed by atoms with van der Waals surface area (Å²) in [5, 5.41) is 9.44. The Hall–Kier alpha value is -1.31. The second-order valence-corrected chi connectivity index (χ2v) is 4.39. The number of aliphatic carboxylic acids is 1. The van der Waals surface area contributed by atoms with Gasteiger partial charge in [-0.1, -0.05) is 32.0 Å². The predicted octanol–water partition coefficient (Wildman–Crippen LogP) is 3.45. The zero-order chi connectivity index (χ0) is 12.3. The number of hydrogen-bond donors (Lipinski definition) is 1. The van der Waals surface area contributed by atoms with E-state index < -0.39 is 11.4 Å². The van der Waals surface area contributed by atoms with Crippen LogP contribution in [0.1, 0.15) is 43.4 Å². The zero-order valence-corrected chi connectivity index (χ0v) is 10.5. The van der Waals surface area contributed by atoms with E-state index in [1.54, 1.807) is 0 Å². The minimum absolute atomic E-state index is 0.626. The van der Waals surface area contributed by atoms with Crippen molar-refractivity contribution in [3.8, 4) is 0 Å². The second-order valence-electron chi connectivity index (χ2n) is 4.39. The van der Waals surface area contributed by atoms with Gasteiger partial charge in [0.1, 0.15) is 0 Å². The number of rotatable bonds is 4. The smallest absolute Gasteiger partial charge is 0.314 e. The molecule has 0 radical (unpaired) electrons. The molecule has 0 amide bonds. The SMILES string of the molecule is CCC(CC)(C(=O)O)c1ccc(C)c(C)c1. The van der Waals surface area contributed by atoms with Gasteiger partial charge in [0.2, 0.25) is 0 Å². The average Bonchev–Trinajstić information content (AvgIpc) is 2.25. The molecular formula is C14H20O2. The summed E-state index contributed by atoms with van der Waals surface area (Å²) in [5.74, 6) is -0.722. The van der Waals surface area contributed by atoms with E-state index in [1.165, 1.54) is 5.56 Å². The maximum Gasteiger partial charge on any atom is 0.314 e. The average molecular weight is 220 g/mol. The van der Waals surface area contributed by atoms with Crippen molar-refractivity contribution in [1.82, 2.24) is 0 Å². The Balaban J connectivity index is 3.31. The molecule has 2 heteroatoms. The van der Waals surface area contributed by atoms with Gasteiger partial charge in [0.15, 0.2) is 0 Å². The van der Waals surface area contributed by atoms with Gasteiger partial charge >= 0.3 is 5.97 Å². The van der Waals surface area contributed by atoms with Crippen LogP contribution in [0, 0.1) is 13.8 Å². The molecule has 2 nitrogen and oxygen atoms in total. The van der Waals surface area contributed by atoms with Gasteiger partial charge in [-0.3, -0.25) is 4.79 Å². The van der Waals surface area contributed by atoms with Crippen LogP contribution >= 0.6 is 0 Å². The van der Waals surface area contributed by atoms with Crippen molar-refractivity contribution < 1.29 is 9.90 Å². The first-order valence-electron chi connectivity index (χ1n) is 5.79. The van der Waals surface area contributed by atoms with Gasteiger partial charge in [-0.2, -0.15) is 0 Å². The third-order valence-corrected chi connectivity index (χ3v) is 3.68. The summed E-state index contributed by atoms with van der Waals surface area (Å²) in [5.41, 5.74) is 2.56. The molecule has 0 aromatic heterocycles. The van der Waals surface area contributed by atoms with E-state index in [0.29, 0.717) is 12.8 Å². The first-order chi connectivity index (χ1) is 7.47. The number of aryl methyl sites for hydroxylation is 2. The van der Waals surface area contributed by atoms with Crippen LogP contribution in [0.25, 0.3) is 0 Å². The molecule has 0 spiro atoms. The number of carboxylic acid groups (broad SMARTS) is 1. The Kier molecular flexibility index (Phi) is 3.74. The Labute approximate surface area is 97.3 Å². The summed E-state index contributed by atoms with van der Waals surface area (Å²) in [6.45, 7) is 7.94. The summed E-state index contributed by atoms with van der Waals surface area (Å²) < 4.78 is 0. The van der Waals surface area contributed by atoms with Crippen LogP contribution < -0.4 is 0 Å². The first kappa shape index (κ1) is 12.8.